The molecule has 0 aliphatic carbocycles. The Bertz CT molecular complexity index is 814. The fourth-order valence-corrected chi connectivity index (χ4v) is 3.22. The number of amides is 1. The summed E-state index contributed by atoms with van der Waals surface area (Å²) in [7, 11) is 3.78. The molecule has 1 atom stereocenters. The van der Waals surface area contributed by atoms with E-state index < -0.39 is 19.1 Å². The third-order valence-electron chi connectivity index (χ3n) is 3.86. The SMILES string of the molecule is CN(C)C(CNC(=O)/C=C/c1ccc(OC(F)F)cc1OC(F)F)c1ccsc1. The maximum Gasteiger partial charge on any atom is 0.387 e. The van der Waals surface area contributed by atoms with Gasteiger partial charge in [0.25, 0.3) is 0 Å². The van der Waals surface area contributed by atoms with E-state index in [1.165, 1.54) is 18.2 Å². The first kappa shape index (κ1) is 22.7. The van der Waals surface area contributed by atoms with Gasteiger partial charge in [0.05, 0.1) is 6.04 Å². The maximum atomic E-state index is 12.6. The molecule has 0 bridgehead atoms. The molecule has 158 valence electrons. The van der Waals surface area contributed by atoms with Gasteiger partial charge in [-0.1, -0.05) is 0 Å². The van der Waals surface area contributed by atoms with Gasteiger partial charge in [-0.25, -0.2) is 0 Å². The number of halogens is 4. The van der Waals surface area contributed by atoms with Crippen LogP contribution < -0.4 is 14.8 Å². The molecule has 1 amide bonds. The van der Waals surface area contributed by atoms with Crippen molar-refractivity contribution in [3.8, 4) is 11.5 Å². The molecule has 1 heterocycles. The lowest BCUT2D eigenvalue weighted by molar-refractivity contribution is -0.116. The molecule has 0 aliphatic heterocycles. The third-order valence-corrected chi connectivity index (χ3v) is 4.56. The van der Waals surface area contributed by atoms with Crippen molar-refractivity contribution in [1.82, 2.24) is 10.2 Å². The van der Waals surface area contributed by atoms with Gasteiger partial charge in [-0.15, -0.1) is 0 Å². The molecule has 0 saturated heterocycles. The first-order chi connectivity index (χ1) is 13.8. The van der Waals surface area contributed by atoms with E-state index in [1.807, 2.05) is 35.8 Å². The van der Waals surface area contributed by atoms with Crippen LogP contribution in [0.25, 0.3) is 6.08 Å². The van der Waals surface area contributed by atoms with E-state index in [4.69, 9.17) is 0 Å². The molecule has 2 aromatic rings. The second-order valence-corrected chi connectivity index (χ2v) is 6.85. The first-order valence-corrected chi connectivity index (χ1v) is 9.38. The zero-order chi connectivity index (χ0) is 21.4. The highest BCUT2D eigenvalue weighted by Crippen LogP contribution is 2.28. The fraction of sp³-hybridized carbons (Fsp3) is 0.316. The van der Waals surface area contributed by atoms with Crippen molar-refractivity contribution in [2.75, 3.05) is 20.6 Å². The molecule has 0 saturated carbocycles. The lowest BCUT2D eigenvalue weighted by Crippen LogP contribution is -2.33. The lowest BCUT2D eigenvalue weighted by atomic mass is 10.1. The number of carbonyl (C=O) groups is 1. The Morgan fingerprint density at radius 1 is 1.17 bits per heavy atom. The van der Waals surface area contributed by atoms with Crippen LogP contribution in [0.2, 0.25) is 0 Å². The van der Waals surface area contributed by atoms with Crippen LogP contribution in [-0.2, 0) is 4.79 Å². The van der Waals surface area contributed by atoms with Crippen LogP contribution in [0.15, 0.2) is 41.1 Å². The van der Waals surface area contributed by atoms with Gasteiger partial charge in [-0.05, 0) is 54.7 Å². The summed E-state index contributed by atoms with van der Waals surface area (Å²) in [6, 6.07) is 5.26. The Morgan fingerprint density at radius 2 is 1.90 bits per heavy atom. The second-order valence-electron chi connectivity index (χ2n) is 6.07. The smallest absolute Gasteiger partial charge is 0.387 e. The van der Waals surface area contributed by atoms with Gasteiger partial charge in [-0.3, -0.25) is 4.79 Å². The number of carbonyl (C=O) groups excluding carboxylic acids is 1. The topological polar surface area (TPSA) is 50.8 Å². The predicted octanol–water partition coefficient (Wildman–Crippen LogP) is 4.38. The molecular weight excluding hydrogens is 412 g/mol. The number of nitrogens with zero attached hydrogens (tertiary/aromatic N) is 1. The van der Waals surface area contributed by atoms with Crippen molar-refractivity contribution in [3.63, 3.8) is 0 Å². The van der Waals surface area contributed by atoms with E-state index >= 15 is 0 Å². The van der Waals surface area contributed by atoms with Gasteiger partial charge in [0.2, 0.25) is 5.91 Å². The van der Waals surface area contributed by atoms with Crippen LogP contribution >= 0.6 is 11.3 Å². The molecule has 0 aliphatic rings. The molecule has 0 fully saturated rings. The lowest BCUT2D eigenvalue weighted by Gasteiger charge is -2.23. The number of thiophene rings is 1. The molecule has 10 heteroatoms. The fourth-order valence-electron chi connectivity index (χ4n) is 2.51. The van der Waals surface area contributed by atoms with Crippen LogP contribution in [0.1, 0.15) is 17.2 Å². The van der Waals surface area contributed by atoms with Crippen LogP contribution in [0.4, 0.5) is 17.6 Å². The molecule has 1 aromatic carbocycles. The average molecular weight is 432 g/mol. The van der Waals surface area contributed by atoms with Crippen molar-refractivity contribution in [1.29, 1.82) is 0 Å². The third kappa shape index (κ3) is 7.39. The molecule has 0 spiro atoms. The summed E-state index contributed by atoms with van der Waals surface area (Å²) in [6.45, 7) is -5.92. The minimum Gasteiger partial charge on any atom is -0.435 e. The Balaban J connectivity index is 2.06. The number of alkyl halides is 4. The van der Waals surface area contributed by atoms with Gasteiger partial charge in [0.15, 0.2) is 0 Å². The minimum atomic E-state index is -3.16. The Labute approximate surface area is 169 Å². The van der Waals surface area contributed by atoms with Gasteiger partial charge in [0, 0.05) is 24.3 Å². The van der Waals surface area contributed by atoms with E-state index in [9.17, 15) is 22.4 Å². The monoisotopic (exact) mass is 432 g/mol. The largest absolute Gasteiger partial charge is 0.435 e. The molecule has 1 unspecified atom stereocenters. The number of hydrogen-bond donors (Lipinski definition) is 1. The van der Waals surface area contributed by atoms with Crippen molar-refractivity contribution in [2.24, 2.45) is 0 Å². The quantitative estimate of drug-likeness (QED) is 0.447. The van der Waals surface area contributed by atoms with Gasteiger partial charge in [0.1, 0.15) is 11.5 Å². The molecule has 1 N–H and O–H groups in total. The Morgan fingerprint density at radius 3 is 2.48 bits per heavy atom. The first-order valence-electron chi connectivity index (χ1n) is 8.44. The standard InChI is InChI=1S/C19H20F4N2O3S/c1-25(2)15(13-7-8-29-11-13)10-24-17(26)6-4-12-3-5-14(27-18(20)21)9-16(12)28-19(22)23/h3-9,11,15,18-19H,10H2,1-2H3,(H,24,26)/b6-4+. The number of nitrogens with one attached hydrogen (secondary N) is 1. The number of ether oxygens (including phenoxy) is 2. The van der Waals surface area contributed by atoms with Crippen LogP contribution in [0.5, 0.6) is 11.5 Å². The summed E-state index contributed by atoms with van der Waals surface area (Å²) in [5.74, 6) is -1.16. The molecule has 0 radical (unpaired) electrons. The zero-order valence-electron chi connectivity index (χ0n) is 15.7. The molecule has 2 rings (SSSR count). The summed E-state index contributed by atoms with van der Waals surface area (Å²) in [4.78, 5) is 14.1. The van der Waals surface area contributed by atoms with Crippen LogP contribution in [0.3, 0.4) is 0 Å². The predicted molar refractivity (Wildman–Crippen MR) is 102 cm³/mol. The average Bonchev–Trinajstić information content (AvgIpc) is 3.14. The highest BCUT2D eigenvalue weighted by molar-refractivity contribution is 7.07. The number of hydrogen-bond acceptors (Lipinski definition) is 5. The van der Waals surface area contributed by atoms with Crippen molar-refractivity contribution in [2.45, 2.75) is 19.3 Å². The Kier molecular flexibility index (Phi) is 8.47. The summed E-state index contributed by atoms with van der Waals surface area (Å²) < 4.78 is 58.3. The van der Waals surface area contributed by atoms with E-state index in [2.05, 4.69) is 14.8 Å². The molecule has 29 heavy (non-hydrogen) atoms. The van der Waals surface area contributed by atoms with Crippen LogP contribution in [-0.4, -0.2) is 44.7 Å². The molecular formula is C19H20F4N2O3S. The van der Waals surface area contributed by atoms with Crippen molar-refractivity contribution < 1.29 is 31.8 Å². The summed E-state index contributed by atoms with van der Waals surface area (Å²) in [6.07, 6.45) is 2.41. The summed E-state index contributed by atoms with van der Waals surface area (Å²) in [5.41, 5.74) is 1.18. The molecule has 1 aromatic heterocycles. The summed E-state index contributed by atoms with van der Waals surface area (Å²) >= 11 is 1.55. The van der Waals surface area contributed by atoms with E-state index in [1.54, 1.807) is 11.3 Å². The number of rotatable bonds is 10. The van der Waals surface area contributed by atoms with E-state index in [0.717, 1.165) is 17.7 Å². The Hall–Kier alpha value is -2.59. The number of benzene rings is 1. The summed E-state index contributed by atoms with van der Waals surface area (Å²) in [5, 5.41) is 6.68. The minimum absolute atomic E-state index is 0.0258. The normalized spacial score (nSPS) is 12.7. The van der Waals surface area contributed by atoms with E-state index in [0.29, 0.717) is 6.54 Å². The second kappa shape index (κ2) is 10.8. The maximum absolute atomic E-state index is 12.6. The highest BCUT2D eigenvalue weighted by Gasteiger charge is 2.15. The van der Waals surface area contributed by atoms with Gasteiger partial charge in [-0.2, -0.15) is 28.9 Å². The van der Waals surface area contributed by atoms with E-state index in [-0.39, 0.29) is 23.1 Å². The highest BCUT2D eigenvalue weighted by atomic mass is 32.1. The van der Waals surface area contributed by atoms with Crippen LogP contribution in [0, 0.1) is 0 Å². The van der Waals surface area contributed by atoms with Gasteiger partial charge < -0.3 is 19.7 Å². The van der Waals surface area contributed by atoms with Gasteiger partial charge >= 0.3 is 13.2 Å². The van der Waals surface area contributed by atoms with Crippen molar-refractivity contribution >= 4 is 23.3 Å². The zero-order valence-corrected chi connectivity index (χ0v) is 16.5. The van der Waals surface area contributed by atoms with Crippen molar-refractivity contribution in [3.05, 3.63) is 52.2 Å². The number of likely N-dealkylation sites (N-methyl/N-ethyl adjacent to an activating group) is 1. The molecule has 5 nitrogen and oxygen atoms in total.